The SMILES string of the molecule is CNC(=O)C1CN(Cc2ccccc2)CCN1CC(=O)Nc1cc(C)ccc1OC. The van der Waals surface area contributed by atoms with Gasteiger partial charge in [-0.1, -0.05) is 36.4 Å². The fourth-order valence-corrected chi connectivity index (χ4v) is 3.76. The number of hydrogen-bond acceptors (Lipinski definition) is 5. The maximum absolute atomic E-state index is 12.7. The zero-order valence-corrected chi connectivity index (χ0v) is 17.9. The Kier molecular flexibility index (Phi) is 7.43. The molecule has 1 unspecified atom stereocenters. The Bertz CT molecular complexity index is 872. The highest BCUT2D eigenvalue weighted by atomic mass is 16.5. The average molecular weight is 411 g/mol. The molecule has 2 aromatic carbocycles. The number of amides is 2. The van der Waals surface area contributed by atoms with E-state index < -0.39 is 0 Å². The highest BCUT2D eigenvalue weighted by Crippen LogP contribution is 2.25. The topological polar surface area (TPSA) is 73.9 Å². The lowest BCUT2D eigenvalue weighted by molar-refractivity contribution is -0.130. The highest BCUT2D eigenvalue weighted by molar-refractivity contribution is 5.94. The Morgan fingerprint density at radius 3 is 2.60 bits per heavy atom. The van der Waals surface area contributed by atoms with Gasteiger partial charge in [-0.15, -0.1) is 0 Å². The minimum absolute atomic E-state index is 0.0753. The molecule has 160 valence electrons. The number of ether oxygens (including phenoxy) is 1. The number of likely N-dealkylation sites (N-methyl/N-ethyl adjacent to an activating group) is 1. The summed E-state index contributed by atoms with van der Waals surface area (Å²) in [6.45, 7) is 4.91. The summed E-state index contributed by atoms with van der Waals surface area (Å²) >= 11 is 0. The quantitative estimate of drug-likeness (QED) is 0.729. The first kappa shape index (κ1) is 21.8. The van der Waals surface area contributed by atoms with Crippen LogP contribution in [0.1, 0.15) is 11.1 Å². The van der Waals surface area contributed by atoms with Crippen LogP contribution in [0.3, 0.4) is 0 Å². The molecule has 0 aliphatic carbocycles. The van der Waals surface area contributed by atoms with Gasteiger partial charge in [0, 0.05) is 33.2 Å². The lowest BCUT2D eigenvalue weighted by Gasteiger charge is -2.40. The van der Waals surface area contributed by atoms with E-state index in [4.69, 9.17) is 4.74 Å². The Hall–Kier alpha value is -2.90. The summed E-state index contributed by atoms with van der Waals surface area (Å²) in [5, 5.41) is 5.67. The highest BCUT2D eigenvalue weighted by Gasteiger charge is 2.33. The predicted molar refractivity (Wildman–Crippen MR) is 118 cm³/mol. The zero-order valence-electron chi connectivity index (χ0n) is 17.9. The third kappa shape index (κ3) is 5.58. The van der Waals surface area contributed by atoms with E-state index in [-0.39, 0.29) is 24.4 Å². The van der Waals surface area contributed by atoms with Gasteiger partial charge in [-0.25, -0.2) is 0 Å². The minimum atomic E-state index is -0.377. The summed E-state index contributed by atoms with van der Waals surface area (Å²) in [7, 11) is 3.21. The number of nitrogens with zero attached hydrogens (tertiary/aromatic N) is 2. The summed E-state index contributed by atoms with van der Waals surface area (Å²) in [5.74, 6) is 0.377. The maximum Gasteiger partial charge on any atom is 0.238 e. The molecule has 2 aromatic rings. The van der Waals surface area contributed by atoms with Gasteiger partial charge in [0.05, 0.1) is 19.3 Å². The van der Waals surface area contributed by atoms with Crippen molar-refractivity contribution in [1.82, 2.24) is 15.1 Å². The van der Waals surface area contributed by atoms with Crippen molar-refractivity contribution in [3.05, 3.63) is 59.7 Å². The van der Waals surface area contributed by atoms with Crippen molar-refractivity contribution in [1.29, 1.82) is 0 Å². The van der Waals surface area contributed by atoms with Gasteiger partial charge in [-0.3, -0.25) is 19.4 Å². The Balaban J connectivity index is 1.65. The van der Waals surface area contributed by atoms with Crippen LogP contribution in [0.25, 0.3) is 0 Å². The van der Waals surface area contributed by atoms with E-state index in [2.05, 4.69) is 27.7 Å². The fourth-order valence-electron chi connectivity index (χ4n) is 3.76. The summed E-state index contributed by atoms with van der Waals surface area (Å²) in [6.07, 6.45) is 0. The van der Waals surface area contributed by atoms with Crippen LogP contribution < -0.4 is 15.4 Å². The van der Waals surface area contributed by atoms with E-state index >= 15 is 0 Å². The molecule has 0 radical (unpaired) electrons. The largest absolute Gasteiger partial charge is 0.495 e. The van der Waals surface area contributed by atoms with Crippen molar-refractivity contribution in [3.8, 4) is 5.75 Å². The van der Waals surface area contributed by atoms with E-state index in [1.54, 1.807) is 14.2 Å². The summed E-state index contributed by atoms with van der Waals surface area (Å²) in [6, 6.07) is 15.5. The number of methoxy groups -OCH3 is 1. The van der Waals surface area contributed by atoms with Crippen LogP contribution in [-0.2, 0) is 16.1 Å². The molecule has 0 aromatic heterocycles. The molecule has 2 N–H and O–H groups in total. The second-order valence-corrected chi connectivity index (χ2v) is 7.57. The van der Waals surface area contributed by atoms with E-state index in [0.29, 0.717) is 24.5 Å². The van der Waals surface area contributed by atoms with Crippen molar-refractivity contribution in [2.45, 2.75) is 19.5 Å². The normalized spacial score (nSPS) is 17.4. The predicted octanol–water partition coefficient (Wildman–Crippen LogP) is 1.87. The zero-order chi connectivity index (χ0) is 21.5. The van der Waals surface area contributed by atoms with Gasteiger partial charge in [-0.05, 0) is 30.2 Å². The number of aryl methyl sites for hydroxylation is 1. The molecule has 30 heavy (non-hydrogen) atoms. The van der Waals surface area contributed by atoms with E-state index in [1.807, 2.05) is 48.2 Å². The van der Waals surface area contributed by atoms with Crippen molar-refractivity contribution < 1.29 is 14.3 Å². The molecule has 1 heterocycles. The van der Waals surface area contributed by atoms with Crippen LogP contribution in [0.15, 0.2) is 48.5 Å². The Morgan fingerprint density at radius 1 is 1.13 bits per heavy atom. The standard InChI is InChI=1S/C23H30N4O3/c1-17-9-10-21(30-3)19(13-17)25-22(28)16-27-12-11-26(15-20(27)23(29)24-2)14-18-7-5-4-6-8-18/h4-10,13,20H,11-12,14-16H2,1-3H3,(H,24,29)(H,25,28). The molecule has 1 atom stereocenters. The number of carbonyl (C=O) groups is 2. The van der Waals surface area contributed by atoms with Crippen LogP contribution in [0.5, 0.6) is 5.75 Å². The third-order valence-electron chi connectivity index (χ3n) is 5.35. The van der Waals surface area contributed by atoms with E-state index in [1.165, 1.54) is 5.56 Å². The van der Waals surface area contributed by atoms with Crippen LogP contribution in [-0.4, -0.2) is 68.0 Å². The van der Waals surface area contributed by atoms with Crippen LogP contribution in [0, 0.1) is 6.92 Å². The third-order valence-corrected chi connectivity index (χ3v) is 5.35. The molecule has 7 nitrogen and oxygen atoms in total. The van der Waals surface area contributed by atoms with Gasteiger partial charge >= 0.3 is 0 Å². The van der Waals surface area contributed by atoms with Crippen LogP contribution in [0.2, 0.25) is 0 Å². The number of benzene rings is 2. The number of rotatable bonds is 7. The van der Waals surface area contributed by atoms with Gasteiger partial charge in [0.2, 0.25) is 11.8 Å². The summed E-state index contributed by atoms with van der Waals surface area (Å²) < 4.78 is 5.34. The van der Waals surface area contributed by atoms with Gasteiger partial charge in [-0.2, -0.15) is 0 Å². The van der Waals surface area contributed by atoms with Crippen molar-refractivity contribution >= 4 is 17.5 Å². The van der Waals surface area contributed by atoms with Crippen molar-refractivity contribution in [2.24, 2.45) is 0 Å². The lowest BCUT2D eigenvalue weighted by Crippen LogP contribution is -2.59. The summed E-state index contributed by atoms with van der Waals surface area (Å²) in [5.41, 5.74) is 2.89. The van der Waals surface area contributed by atoms with Crippen molar-refractivity contribution in [2.75, 3.05) is 45.7 Å². The van der Waals surface area contributed by atoms with Gasteiger partial charge in [0.25, 0.3) is 0 Å². The molecular weight excluding hydrogens is 380 g/mol. The molecule has 7 heteroatoms. The smallest absolute Gasteiger partial charge is 0.238 e. The molecule has 1 aliphatic rings. The average Bonchev–Trinajstić information content (AvgIpc) is 2.75. The van der Waals surface area contributed by atoms with Gasteiger partial charge < -0.3 is 15.4 Å². The fraction of sp³-hybridized carbons (Fsp3) is 0.391. The number of nitrogens with one attached hydrogen (secondary N) is 2. The second kappa shape index (κ2) is 10.2. The minimum Gasteiger partial charge on any atom is -0.495 e. The first-order chi connectivity index (χ1) is 14.5. The molecule has 1 aliphatic heterocycles. The monoisotopic (exact) mass is 410 g/mol. The Morgan fingerprint density at radius 2 is 1.90 bits per heavy atom. The summed E-state index contributed by atoms with van der Waals surface area (Å²) in [4.78, 5) is 29.5. The molecule has 0 spiro atoms. The van der Waals surface area contributed by atoms with Gasteiger partial charge in [0.15, 0.2) is 0 Å². The molecule has 0 saturated carbocycles. The molecular formula is C23H30N4O3. The maximum atomic E-state index is 12.7. The van der Waals surface area contributed by atoms with Crippen LogP contribution in [0.4, 0.5) is 5.69 Å². The lowest BCUT2D eigenvalue weighted by atomic mass is 10.1. The van der Waals surface area contributed by atoms with E-state index in [0.717, 1.165) is 18.7 Å². The molecule has 2 amide bonds. The first-order valence-electron chi connectivity index (χ1n) is 10.2. The number of anilines is 1. The second-order valence-electron chi connectivity index (χ2n) is 7.57. The Labute approximate surface area is 178 Å². The molecule has 1 saturated heterocycles. The van der Waals surface area contributed by atoms with Crippen LogP contribution >= 0.6 is 0 Å². The van der Waals surface area contributed by atoms with Crippen molar-refractivity contribution in [3.63, 3.8) is 0 Å². The number of hydrogen-bond donors (Lipinski definition) is 2. The number of carbonyl (C=O) groups excluding carboxylic acids is 2. The number of piperazine rings is 1. The van der Waals surface area contributed by atoms with E-state index in [9.17, 15) is 9.59 Å². The molecule has 3 rings (SSSR count). The van der Waals surface area contributed by atoms with Gasteiger partial charge in [0.1, 0.15) is 11.8 Å². The first-order valence-corrected chi connectivity index (χ1v) is 10.2. The molecule has 1 fully saturated rings. The molecule has 0 bridgehead atoms.